The monoisotopic (exact) mass is 286 g/mol. The highest BCUT2D eigenvalue weighted by Crippen LogP contribution is 2.31. The van der Waals surface area contributed by atoms with Crippen molar-refractivity contribution in [3.8, 4) is 5.75 Å². The van der Waals surface area contributed by atoms with Crippen LogP contribution >= 0.6 is 0 Å². The molecule has 21 heavy (non-hydrogen) atoms. The Bertz CT molecular complexity index is 656. The molecule has 2 rings (SSSR count). The van der Waals surface area contributed by atoms with Crippen LogP contribution in [0.2, 0.25) is 0 Å². The third-order valence-corrected chi connectivity index (χ3v) is 2.72. The van der Waals surface area contributed by atoms with Gasteiger partial charge in [-0.25, -0.2) is 0 Å². The fourth-order valence-electron chi connectivity index (χ4n) is 1.83. The van der Waals surface area contributed by atoms with Crippen molar-refractivity contribution in [1.82, 2.24) is 0 Å². The molecular weight excluding hydrogens is 270 g/mol. The lowest BCUT2D eigenvalue weighted by Crippen LogP contribution is -2.39. The normalized spacial score (nSPS) is 9.95. The Morgan fingerprint density at radius 2 is 1.67 bits per heavy atom. The van der Waals surface area contributed by atoms with E-state index in [0.717, 1.165) is 0 Å². The summed E-state index contributed by atoms with van der Waals surface area (Å²) in [6.07, 6.45) is 3.54. The second-order valence-corrected chi connectivity index (χ2v) is 4.48. The van der Waals surface area contributed by atoms with Gasteiger partial charge in [-0.3, -0.25) is 9.59 Å². The summed E-state index contributed by atoms with van der Waals surface area (Å²) in [7, 11) is 0. The van der Waals surface area contributed by atoms with Gasteiger partial charge in [0.25, 0.3) is 5.91 Å². The van der Waals surface area contributed by atoms with Crippen molar-refractivity contribution in [2.45, 2.75) is 13.5 Å². The average molecular weight is 286 g/mol. The van der Waals surface area contributed by atoms with Gasteiger partial charge in [0.1, 0.15) is 0 Å². The Morgan fingerprint density at radius 3 is 2.29 bits per heavy atom. The number of carbonyl (C=O) groups excluding carboxylic acids is 2. The van der Waals surface area contributed by atoms with Crippen LogP contribution in [0.3, 0.4) is 0 Å². The van der Waals surface area contributed by atoms with E-state index in [-0.39, 0.29) is 35.5 Å². The molecule has 0 saturated heterocycles. The zero-order chi connectivity index (χ0) is 15.2. The minimum Gasteiger partial charge on any atom is -0.504 e. The molecule has 0 atom stereocenters. The molecule has 0 unspecified atom stereocenters. The standard InChI is InChI=1S/C15H15N3O3/c1-11(19)16-12-6-5-7-13(15(12)21)17-14(20)10-18-8-3-2-4-9-18/h2-9H,10H2,1H3,(H2-,16,17,19,20,21)/p+1. The van der Waals surface area contributed by atoms with Gasteiger partial charge in [-0.1, -0.05) is 12.1 Å². The summed E-state index contributed by atoms with van der Waals surface area (Å²) in [4.78, 5) is 23.0. The van der Waals surface area contributed by atoms with Crippen molar-refractivity contribution >= 4 is 23.2 Å². The van der Waals surface area contributed by atoms with E-state index in [1.807, 2.05) is 18.2 Å². The average Bonchev–Trinajstić information content (AvgIpc) is 2.44. The summed E-state index contributed by atoms with van der Waals surface area (Å²) in [5.41, 5.74) is 0.510. The molecule has 0 radical (unpaired) electrons. The number of rotatable bonds is 4. The molecule has 0 saturated carbocycles. The van der Waals surface area contributed by atoms with Crippen molar-refractivity contribution < 1.29 is 19.3 Å². The Kier molecular flexibility index (Phi) is 4.50. The summed E-state index contributed by atoms with van der Waals surface area (Å²) in [6.45, 7) is 1.47. The van der Waals surface area contributed by atoms with Crippen LogP contribution in [0.5, 0.6) is 5.75 Å². The van der Waals surface area contributed by atoms with Gasteiger partial charge in [0, 0.05) is 19.1 Å². The van der Waals surface area contributed by atoms with Gasteiger partial charge in [0.15, 0.2) is 18.1 Å². The largest absolute Gasteiger partial charge is 0.504 e. The lowest BCUT2D eigenvalue weighted by Gasteiger charge is -2.10. The van der Waals surface area contributed by atoms with Crippen molar-refractivity contribution in [2.24, 2.45) is 0 Å². The molecule has 0 aliphatic rings. The van der Waals surface area contributed by atoms with Crippen molar-refractivity contribution in [1.29, 1.82) is 0 Å². The molecule has 0 aliphatic heterocycles. The Labute approximate surface area is 122 Å². The third-order valence-electron chi connectivity index (χ3n) is 2.72. The highest BCUT2D eigenvalue weighted by atomic mass is 16.3. The maximum Gasteiger partial charge on any atom is 0.290 e. The minimum atomic E-state index is -0.298. The van der Waals surface area contributed by atoms with Gasteiger partial charge >= 0.3 is 0 Å². The molecule has 0 spiro atoms. The van der Waals surface area contributed by atoms with Crippen LogP contribution in [0, 0.1) is 0 Å². The quantitative estimate of drug-likeness (QED) is 0.585. The van der Waals surface area contributed by atoms with Gasteiger partial charge in [-0.15, -0.1) is 0 Å². The number of nitrogens with one attached hydrogen (secondary N) is 2. The molecular formula is C15H16N3O3+. The SMILES string of the molecule is CC(=O)Nc1cccc(NC(=O)C[n+]2ccccc2)c1O. The third kappa shape index (κ3) is 4.04. The number of anilines is 2. The van der Waals surface area contributed by atoms with Gasteiger partial charge in [0.05, 0.1) is 11.4 Å². The maximum absolute atomic E-state index is 11.9. The molecule has 1 aromatic heterocycles. The number of phenolic OH excluding ortho intramolecular Hbond substituents is 1. The molecule has 2 amide bonds. The highest BCUT2D eigenvalue weighted by Gasteiger charge is 2.13. The molecule has 0 bridgehead atoms. The number of para-hydroxylation sites is 1. The van der Waals surface area contributed by atoms with E-state index in [9.17, 15) is 14.7 Å². The first-order valence-electron chi connectivity index (χ1n) is 6.40. The van der Waals surface area contributed by atoms with Gasteiger partial charge in [0.2, 0.25) is 12.5 Å². The predicted octanol–water partition coefficient (Wildman–Crippen LogP) is 1.28. The number of carbonyl (C=O) groups is 2. The Balaban J connectivity index is 2.09. The molecule has 2 aromatic rings. The van der Waals surface area contributed by atoms with Gasteiger partial charge in [-0.05, 0) is 12.1 Å². The topological polar surface area (TPSA) is 82.3 Å². The number of amides is 2. The van der Waals surface area contributed by atoms with Crippen LogP contribution in [0.15, 0.2) is 48.8 Å². The lowest BCUT2D eigenvalue weighted by atomic mass is 10.2. The second kappa shape index (κ2) is 6.51. The minimum absolute atomic E-state index is 0.130. The molecule has 1 aromatic carbocycles. The van der Waals surface area contributed by atoms with Crippen molar-refractivity contribution in [2.75, 3.05) is 10.6 Å². The number of aromatic hydroxyl groups is 1. The van der Waals surface area contributed by atoms with Crippen molar-refractivity contribution in [3.05, 3.63) is 48.8 Å². The number of phenols is 1. The molecule has 1 heterocycles. The van der Waals surface area contributed by atoms with E-state index < -0.39 is 0 Å². The molecule has 108 valence electrons. The fourth-order valence-corrected chi connectivity index (χ4v) is 1.83. The fraction of sp³-hybridized carbons (Fsp3) is 0.133. The smallest absolute Gasteiger partial charge is 0.290 e. The molecule has 6 heteroatoms. The zero-order valence-electron chi connectivity index (χ0n) is 11.5. The maximum atomic E-state index is 11.9. The van der Waals surface area contributed by atoms with Crippen LogP contribution < -0.4 is 15.2 Å². The summed E-state index contributed by atoms with van der Waals surface area (Å²) >= 11 is 0. The van der Waals surface area contributed by atoms with Crippen LogP contribution in [-0.2, 0) is 16.1 Å². The predicted molar refractivity (Wildman–Crippen MR) is 77.7 cm³/mol. The van der Waals surface area contributed by atoms with Gasteiger partial charge < -0.3 is 15.7 Å². The number of hydrogen-bond acceptors (Lipinski definition) is 3. The molecule has 0 aliphatic carbocycles. The lowest BCUT2D eigenvalue weighted by molar-refractivity contribution is -0.684. The molecule has 6 nitrogen and oxygen atoms in total. The number of pyridine rings is 1. The van der Waals surface area contributed by atoms with Crippen molar-refractivity contribution in [3.63, 3.8) is 0 Å². The summed E-state index contributed by atoms with van der Waals surface area (Å²) in [5.74, 6) is -0.741. The number of hydrogen-bond donors (Lipinski definition) is 3. The van der Waals surface area contributed by atoms with E-state index in [1.54, 1.807) is 35.2 Å². The number of nitrogens with zero attached hydrogens (tertiary/aromatic N) is 1. The number of benzene rings is 1. The van der Waals surface area contributed by atoms with Crippen LogP contribution in [0.1, 0.15) is 6.92 Å². The summed E-state index contributed by atoms with van der Waals surface area (Å²) in [6, 6.07) is 10.3. The summed E-state index contributed by atoms with van der Waals surface area (Å²) in [5, 5.41) is 15.1. The Hall–Kier alpha value is -2.89. The van der Waals surface area contributed by atoms with E-state index in [4.69, 9.17) is 0 Å². The molecule has 3 N–H and O–H groups in total. The summed E-state index contributed by atoms with van der Waals surface area (Å²) < 4.78 is 1.71. The van der Waals surface area contributed by atoms with E-state index in [0.29, 0.717) is 0 Å². The second-order valence-electron chi connectivity index (χ2n) is 4.48. The Morgan fingerprint density at radius 1 is 1.05 bits per heavy atom. The highest BCUT2D eigenvalue weighted by molar-refractivity contribution is 5.96. The van der Waals surface area contributed by atoms with Crippen LogP contribution in [-0.4, -0.2) is 16.9 Å². The molecule has 0 fully saturated rings. The zero-order valence-corrected chi connectivity index (χ0v) is 11.5. The number of aromatic nitrogens is 1. The van der Waals surface area contributed by atoms with Gasteiger partial charge in [-0.2, -0.15) is 4.57 Å². The van der Waals surface area contributed by atoms with Crippen LogP contribution in [0.4, 0.5) is 11.4 Å². The first kappa shape index (κ1) is 14.5. The van der Waals surface area contributed by atoms with E-state index in [1.165, 1.54) is 6.92 Å². The van der Waals surface area contributed by atoms with E-state index in [2.05, 4.69) is 10.6 Å². The first-order chi connectivity index (χ1) is 10.1. The van der Waals surface area contributed by atoms with E-state index >= 15 is 0 Å². The first-order valence-corrected chi connectivity index (χ1v) is 6.40. The van der Waals surface area contributed by atoms with Crippen LogP contribution in [0.25, 0.3) is 0 Å².